The number of ether oxygens (including phenoxy) is 1. The number of hydrogen-bond acceptors (Lipinski definition) is 5. The zero-order chi connectivity index (χ0) is 23.9. The van der Waals surface area contributed by atoms with Crippen molar-refractivity contribution in [3.63, 3.8) is 0 Å². The van der Waals surface area contributed by atoms with Gasteiger partial charge in [0, 0.05) is 57.8 Å². The van der Waals surface area contributed by atoms with E-state index >= 15 is 0 Å². The van der Waals surface area contributed by atoms with Crippen molar-refractivity contribution in [1.82, 2.24) is 19.6 Å². The Kier molecular flexibility index (Phi) is 8.62. The highest BCUT2D eigenvalue weighted by Gasteiger charge is 2.33. The smallest absolute Gasteiger partial charge is 0.236 e. The largest absolute Gasteiger partial charge is 0.489 e. The van der Waals surface area contributed by atoms with Gasteiger partial charge in [-0.05, 0) is 44.3 Å². The summed E-state index contributed by atoms with van der Waals surface area (Å²) in [6.45, 7) is 9.57. The molecule has 0 unspecified atom stereocenters. The van der Waals surface area contributed by atoms with Gasteiger partial charge in [0.1, 0.15) is 12.4 Å². The summed E-state index contributed by atoms with van der Waals surface area (Å²) in [5.41, 5.74) is 1.12. The molecule has 3 aliphatic rings. The van der Waals surface area contributed by atoms with Crippen LogP contribution in [0.4, 0.5) is 0 Å². The molecular formula is C27H40N4O3. The van der Waals surface area contributed by atoms with Crippen molar-refractivity contribution in [2.24, 2.45) is 11.8 Å². The lowest BCUT2D eigenvalue weighted by molar-refractivity contribution is -0.136. The molecule has 186 valence electrons. The maximum absolute atomic E-state index is 13.3. The topological polar surface area (TPSA) is 56.3 Å². The van der Waals surface area contributed by atoms with Crippen molar-refractivity contribution in [2.75, 3.05) is 66.0 Å². The van der Waals surface area contributed by atoms with Crippen molar-refractivity contribution in [1.29, 1.82) is 0 Å². The lowest BCUT2D eigenvalue weighted by Gasteiger charge is -2.39. The van der Waals surface area contributed by atoms with Crippen LogP contribution in [0.5, 0.6) is 5.75 Å². The highest BCUT2D eigenvalue weighted by atomic mass is 16.5. The minimum atomic E-state index is 0.174. The molecule has 4 rings (SSSR count). The second-order valence-electron chi connectivity index (χ2n) is 10.00. The van der Waals surface area contributed by atoms with Gasteiger partial charge in [-0.15, -0.1) is 0 Å². The molecule has 2 saturated heterocycles. The minimum absolute atomic E-state index is 0.174. The van der Waals surface area contributed by atoms with Gasteiger partial charge in [-0.25, -0.2) is 0 Å². The van der Waals surface area contributed by atoms with Crippen LogP contribution in [-0.4, -0.2) is 97.4 Å². The number of benzene rings is 1. The molecule has 2 fully saturated rings. The van der Waals surface area contributed by atoms with E-state index in [0.717, 1.165) is 63.4 Å². The van der Waals surface area contributed by atoms with Crippen molar-refractivity contribution >= 4 is 11.8 Å². The number of hydrogen-bond donors (Lipinski definition) is 0. The first-order valence-electron chi connectivity index (χ1n) is 12.9. The summed E-state index contributed by atoms with van der Waals surface area (Å²) < 4.78 is 6.12. The second kappa shape index (κ2) is 11.8. The molecule has 1 aromatic carbocycles. The summed E-state index contributed by atoms with van der Waals surface area (Å²) >= 11 is 0. The molecule has 0 aliphatic carbocycles. The van der Waals surface area contributed by atoms with Crippen LogP contribution in [0, 0.1) is 11.8 Å². The van der Waals surface area contributed by atoms with E-state index in [0.29, 0.717) is 32.7 Å². The summed E-state index contributed by atoms with van der Waals surface area (Å²) in [5.74, 6) is 1.76. The van der Waals surface area contributed by atoms with E-state index in [1.165, 1.54) is 0 Å². The first kappa shape index (κ1) is 24.7. The number of piperazine rings is 1. The van der Waals surface area contributed by atoms with Gasteiger partial charge in [-0.3, -0.25) is 14.5 Å². The third-order valence-corrected chi connectivity index (χ3v) is 7.44. The van der Waals surface area contributed by atoms with E-state index in [1.54, 1.807) is 0 Å². The van der Waals surface area contributed by atoms with E-state index in [9.17, 15) is 9.59 Å². The maximum Gasteiger partial charge on any atom is 0.236 e. The van der Waals surface area contributed by atoms with Gasteiger partial charge in [0.05, 0.1) is 6.54 Å². The first-order valence-corrected chi connectivity index (χ1v) is 12.9. The van der Waals surface area contributed by atoms with Crippen LogP contribution in [0.3, 0.4) is 0 Å². The number of carbonyl (C=O) groups is 2. The molecule has 3 heterocycles. The fourth-order valence-corrected chi connectivity index (χ4v) is 5.34. The molecular weight excluding hydrogens is 428 g/mol. The number of para-hydroxylation sites is 1. The van der Waals surface area contributed by atoms with E-state index < -0.39 is 0 Å². The Hall–Kier alpha value is -2.38. The molecule has 0 radical (unpaired) electrons. The third-order valence-electron chi connectivity index (χ3n) is 7.44. The highest BCUT2D eigenvalue weighted by Crippen LogP contribution is 2.29. The Morgan fingerprint density at radius 2 is 1.88 bits per heavy atom. The predicted octanol–water partition coefficient (Wildman–Crippen LogP) is 2.48. The number of rotatable bonds is 4. The molecule has 34 heavy (non-hydrogen) atoms. The quantitative estimate of drug-likeness (QED) is 0.636. The van der Waals surface area contributed by atoms with Crippen LogP contribution in [0.1, 0.15) is 31.7 Å². The van der Waals surface area contributed by atoms with Crippen LogP contribution in [0.2, 0.25) is 0 Å². The summed E-state index contributed by atoms with van der Waals surface area (Å²) in [5, 5.41) is 0. The van der Waals surface area contributed by atoms with E-state index in [-0.39, 0.29) is 23.7 Å². The fourth-order valence-electron chi connectivity index (χ4n) is 5.34. The molecule has 3 aliphatic heterocycles. The van der Waals surface area contributed by atoms with Gasteiger partial charge in [0.25, 0.3) is 0 Å². The monoisotopic (exact) mass is 468 g/mol. The number of nitrogens with zero attached hydrogens (tertiary/aromatic N) is 4. The standard InChI is InChI=1S/C27H40N4O3/c1-3-11-29-19-24-7-4-5-9-25(24)34-17-6-8-23-20-31(27(33)21-29)12-10-22(23)18-26(32)30-15-13-28(2)14-16-30/h4-9,22-23H,3,10-21H2,1-2H3/b8-6-/t22-,23-/m0/s1. The molecule has 0 aromatic heterocycles. The van der Waals surface area contributed by atoms with Crippen LogP contribution in [-0.2, 0) is 16.1 Å². The Morgan fingerprint density at radius 3 is 2.68 bits per heavy atom. The Labute approximate surface area is 204 Å². The Balaban J connectivity index is 1.48. The maximum atomic E-state index is 13.3. The molecule has 2 bridgehead atoms. The SMILES string of the molecule is CCCN1CC(=O)N2CC[C@@H](CC(=O)N3CCN(C)CC3)[C@@H](/C=C\COc3ccccc3C1)C2. The second-order valence-corrected chi connectivity index (χ2v) is 10.00. The number of fused-ring (bicyclic) bond motifs is 3. The zero-order valence-corrected chi connectivity index (χ0v) is 20.8. The summed E-state index contributed by atoms with van der Waals surface area (Å²) in [6, 6.07) is 8.12. The van der Waals surface area contributed by atoms with Crippen LogP contribution >= 0.6 is 0 Å². The van der Waals surface area contributed by atoms with Gasteiger partial charge in [-0.1, -0.05) is 37.3 Å². The van der Waals surface area contributed by atoms with Crippen molar-refractivity contribution in [3.05, 3.63) is 42.0 Å². The van der Waals surface area contributed by atoms with Crippen LogP contribution in [0.25, 0.3) is 0 Å². The molecule has 7 heteroatoms. The Morgan fingerprint density at radius 1 is 1.09 bits per heavy atom. The van der Waals surface area contributed by atoms with E-state index in [4.69, 9.17) is 4.74 Å². The predicted molar refractivity (Wildman–Crippen MR) is 134 cm³/mol. The van der Waals surface area contributed by atoms with Gasteiger partial charge in [0.15, 0.2) is 0 Å². The van der Waals surface area contributed by atoms with Gasteiger partial charge < -0.3 is 19.4 Å². The van der Waals surface area contributed by atoms with Crippen molar-refractivity contribution < 1.29 is 14.3 Å². The van der Waals surface area contributed by atoms with Crippen molar-refractivity contribution in [2.45, 2.75) is 32.7 Å². The van der Waals surface area contributed by atoms with E-state index in [1.807, 2.05) is 28.0 Å². The molecule has 0 spiro atoms. The number of carbonyl (C=O) groups excluding carboxylic acids is 2. The average molecular weight is 469 g/mol. The molecule has 0 saturated carbocycles. The highest BCUT2D eigenvalue weighted by molar-refractivity contribution is 5.79. The molecule has 2 amide bonds. The number of likely N-dealkylation sites (N-methyl/N-ethyl adjacent to an activating group) is 1. The van der Waals surface area contributed by atoms with Gasteiger partial charge in [0.2, 0.25) is 11.8 Å². The summed E-state index contributed by atoms with van der Waals surface area (Å²) in [6.07, 6.45) is 6.69. The van der Waals surface area contributed by atoms with Crippen LogP contribution < -0.4 is 4.74 Å². The van der Waals surface area contributed by atoms with Crippen LogP contribution in [0.15, 0.2) is 36.4 Å². The van der Waals surface area contributed by atoms with E-state index in [2.05, 4.69) is 42.0 Å². The zero-order valence-electron chi connectivity index (χ0n) is 20.8. The average Bonchev–Trinajstić information content (AvgIpc) is 2.84. The van der Waals surface area contributed by atoms with Gasteiger partial charge in [-0.2, -0.15) is 0 Å². The first-order chi connectivity index (χ1) is 16.5. The number of amides is 2. The normalized spacial score (nSPS) is 26.0. The lowest BCUT2D eigenvalue weighted by atomic mass is 9.82. The number of piperidine rings is 1. The molecule has 0 N–H and O–H groups in total. The summed E-state index contributed by atoms with van der Waals surface area (Å²) in [4.78, 5) is 34.9. The minimum Gasteiger partial charge on any atom is -0.489 e. The molecule has 7 nitrogen and oxygen atoms in total. The third kappa shape index (κ3) is 6.39. The molecule has 2 atom stereocenters. The summed E-state index contributed by atoms with van der Waals surface area (Å²) in [7, 11) is 2.11. The lowest BCUT2D eigenvalue weighted by Crippen LogP contribution is -2.50. The van der Waals surface area contributed by atoms with Crippen molar-refractivity contribution in [3.8, 4) is 5.75 Å². The Bertz CT molecular complexity index is 865. The van der Waals surface area contributed by atoms with Gasteiger partial charge >= 0.3 is 0 Å². The fraction of sp³-hybridized carbons (Fsp3) is 0.630. The molecule has 1 aromatic rings.